The van der Waals surface area contributed by atoms with Gasteiger partial charge in [0.05, 0.1) is 5.56 Å². The van der Waals surface area contributed by atoms with Gasteiger partial charge in [0.1, 0.15) is 4.61 Å². The quantitative estimate of drug-likeness (QED) is 0.332. The van der Waals surface area contributed by atoms with Gasteiger partial charge in [-0.15, -0.1) is 0 Å². The first-order valence-corrected chi connectivity index (χ1v) is 5.07. The first-order chi connectivity index (χ1) is 6.56. The van der Waals surface area contributed by atoms with Gasteiger partial charge in [0.2, 0.25) is 0 Å². The molecule has 0 atom stereocenters. The van der Waals surface area contributed by atoms with Crippen LogP contribution in [0.1, 0.15) is 10.4 Å². The molecule has 0 saturated heterocycles. The number of benzene rings is 1. The molecule has 0 aromatic heterocycles. The van der Waals surface area contributed by atoms with Gasteiger partial charge in [0.25, 0.3) is 0 Å². The molecule has 76 valence electrons. The maximum Gasteiger partial charge on any atom is 0.339 e. The van der Waals surface area contributed by atoms with Crippen LogP contribution in [0.15, 0.2) is 12.1 Å². The lowest BCUT2D eigenvalue weighted by Crippen LogP contribution is -2.02. The molecular weight excluding hydrogens is 303 g/mol. The fraction of sp³-hybridized carbons (Fsp3) is 0.125. The van der Waals surface area contributed by atoms with Crippen molar-refractivity contribution < 1.29 is 24.9 Å². The third-order valence-electron chi connectivity index (χ3n) is 1.49. The van der Waals surface area contributed by atoms with Gasteiger partial charge >= 0.3 is 5.97 Å². The molecular formula is C8H7IO5. The van der Waals surface area contributed by atoms with Crippen molar-refractivity contribution in [1.82, 2.24) is 0 Å². The highest BCUT2D eigenvalue weighted by molar-refractivity contribution is 14.1. The number of carbonyl (C=O) groups is 1. The van der Waals surface area contributed by atoms with Gasteiger partial charge < -0.3 is 20.1 Å². The summed E-state index contributed by atoms with van der Waals surface area (Å²) in [6.45, 7) is 0. The number of alkyl halides is 1. The number of ether oxygens (including phenoxy) is 1. The van der Waals surface area contributed by atoms with Crippen molar-refractivity contribution in [3.63, 3.8) is 0 Å². The molecule has 0 unspecified atom stereocenters. The monoisotopic (exact) mass is 310 g/mol. The molecule has 0 bridgehead atoms. The van der Waals surface area contributed by atoms with Crippen LogP contribution in [0.5, 0.6) is 17.2 Å². The first kappa shape index (κ1) is 10.9. The summed E-state index contributed by atoms with van der Waals surface area (Å²) in [7, 11) is 0. The van der Waals surface area contributed by atoms with Crippen LogP contribution >= 0.6 is 22.6 Å². The van der Waals surface area contributed by atoms with E-state index in [1.165, 1.54) is 0 Å². The molecule has 0 fully saturated rings. The fourth-order valence-corrected chi connectivity index (χ4v) is 1.14. The summed E-state index contributed by atoms with van der Waals surface area (Å²) in [6.07, 6.45) is 0. The van der Waals surface area contributed by atoms with Gasteiger partial charge in [-0.1, -0.05) is 0 Å². The SMILES string of the molecule is O=C(OCI)c1cc(O)c(O)c(O)c1. The second-order valence-corrected chi connectivity index (χ2v) is 3.03. The van der Waals surface area contributed by atoms with Crippen molar-refractivity contribution in [3.05, 3.63) is 17.7 Å². The van der Waals surface area contributed by atoms with Crippen molar-refractivity contribution in [3.8, 4) is 17.2 Å². The minimum Gasteiger partial charge on any atom is -0.504 e. The number of carbonyl (C=O) groups excluding carboxylic acids is 1. The Morgan fingerprint density at radius 3 is 2.21 bits per heavy atom. The number of aromatic hydroxyl groups is 3. The highest BCUT2D eigenvalue weighted by Crippen LogP contribution is 2.35. The molecule has 14 heavy (non-hydrogen) atoms. The van der Waals surface area contributed by atoms with Crippen LogP contribution < -0.4 is 0 Å². The highest BCUT2D eigenvalue weighted by atomic mass is 127. The van der Waals surface area contributed by atoms with E-state index < -0.39 is 23.2 Å². The molecule has 3 N–H and O–H groups in total. The Kier molecular flexibility index (Phi) is 3.39. The van der Waals surface area contributed by atoms with Gasteiger partial charge in [0, 0.05) is 0 Å². The molecule has 6 heteroatoms. The molecule has 1 aromatic carbocycles. The van der Waals surface area contributed by atoms with Crippen LogP contribution in [-0.4, -0.2) is 25.9 Å². The predicted molar refractivity (Wildman–Crippen MR) is 55.7 cm³/mol. The van der Waals surface area contributed by atoms with Gasteiger partial charge in [0.15, 0.2) is 17.2 Å². The number of halogens is 1. The lowest BCUT2D eigenvalue weighted by atomic mass is 10.2. The number of hydrogen-bond acceptors (Lipinski definition) is 5. The average Bonchev–Trinajstić information content (AvgIpc) is 2.13. The summed E-state index contributed by atoms with van der Waals surface area (Å²) in [5.41, 5.74) is -0.0190. The van der Waals surface area contributed by atoms with Crippen LogP contribution in [0.2, 0.25) is 0 Å². The number of phenols is 3. The normalized spacial score (nSPS) is 9.79. The lowest BCUT2D eigenvalue weighted by Gasteiger charge is -2.04. The van der Waals surface area contributed by atoms with Crippen molar-refractivity contribution in [2.45, 2.75) is 0 Å². The Morgan fingerprint density at radius 2 is 1.79 bits per heavy atom. The predicted octanol–water partition coefficient (Wildman–Crippen LogP) is 1.35. The van der Waals surface area contributed by atoms with Gasteiger partial charge in [-0.3, -0.25) is 0 Å². The zero-order valence-corrected chi connectivity index (χ0v) is 9.06. The molecule has 5 nitrogen and oxygen atoms in total. The molecule has 0 heterocycles. The van der Waals surface area contributed by atoms with Crippen LogP contribution in [0.25, 0.3) is 0 Å². The molecule has 1 aromatic rings. The number of hydrogen-bond donors (Lipinski definition) is 3. The molecule has 0 saturated carbocycles. The molecule has 0 amide bonds. The maximum atomic E-state index is 11.1. The van der Waals surface area contributed by atoms with Crippen molar-refractivity contribution in [2.75, 3.05) is 4.61 Å². The van der Waals surface area contributed by atoms with Crippen LogP contribution in [-0.2, 0) is 4.74 Å². The van der Waals surface area contributed by atoms with Gasteiger partial charge in [-0.25, -0.2) is 4.79 Å². The second kappa shape index (κ2) is 4.36. The number of rotatable bonds is 2. The smallest absolute Gasteiger partial charge is 0.339 e. The zero-order chi connectivity index (χ0) is 10.7. The van der Waals surface area contributed by atoms with E-state index >= 15 is 0 Å². The van der Waals surface area contributed by atoms with Gasteiger partial charge in [-0.05, 0) is 34.7 Å². The summed E-state index contributed by atoms with van der Waals surface area (Å²) in [5, 5.41) is 27.1. The summed E-state index contributed by atoms with van der Waals surface area (Å²) >= 11 is 1.84. The average molecular weight is 310 g/mol. The Labute approximate surface area is 93.1 Å². The Balaban J connectivity index is 3.06. The standard InChI is InChI=1S/C8H7IO5/c9-3-14-8(13)4-1-5(10)7(12)6(11)2-4/h1-2,10-12H,3H2. The minimum atomic E-state index is -0.676. The van der Waals surface area contributed by atoms with E-state index in [2.05, 4.69) is 4.74 Å². The third-order valence-corrected chi connectivity index (χ3v) is 1.80. The summed E-state index contributed by atoms with van der Waals surface area (Å²) in [4.78, 5) is 11.1. The van der Waals surface area contributed by atoms with E-state index in [9.17, 15) is 4.79 Å². The lowest BCUT2D eigenvalue weighted by molar-refractivity contribution is 0.0589. The minimum absolute atomic E-state index is 0.0190. The Hall–Kier alpha value is -1.18. The van der Waals surface area contributed by atoms with E-state index in [0.29, 0.717) is 0 Å². The number of phenolic OH excluding ortho intramolecular Hbond substituents is 3. The van der Waals surface area contributed by atoms with Gasteiger partial charge in [-0.2, -0.15) is 0 Å². The molecule has 0 radical (unpaired) electrons. The van der Waals surface area contributed by atoms with Crippen LogP contribution in [0, 0.1) is 0 Å². The van der Waals surface area contributed by atoms with Crippen LogP contribution in [0.4, 0.5) is 0 Å². The maximum absolute atomic E-state index is 11.1. The highest BCUT2D eigenvalue weighted by Gasteiger charge is 2.13. The fourth-order valence-electron chi connectivity index (χ4n) is 0.855. The topological polar surface area (TPSA) is 87.0 Å². The molecule has 1 rings (SSSR count). The van der Waals surface area contributed by atoms with Crippen LogP contribution in [0.3, 0.4) is 0 Å². The molecule has 0 aliphatic rings. The van der Waals surface area contributed by atoms with E-state index in [-0.39, 0.29) is 10.2 Å². The summed E-state index contributed by atoms with van der Waals surface area (Å²) < 4.78 is 4.79. The van der Waals surface area contributed by atoms with Crippen molar-refractivity contribution in [2.24, 2.45) is 0 Å². The number of esters is 1. The zero-order valence-electron chi connectivity index (χ0n) is 6.90. The summed E-state index contributed by atoms with van der Waals surface area (Å²) in [6, 6.07) is 2.04. The Bertz CT molecular complexity index is 340. The van der Waals surface area contributed by atoms with Crippen molar-refractivity contribution >= 4 is 28.6 Å². The largest absolute Gasteiger partial charge is 0.504 e. The molecule has 0 aliphatic heterocycles. The Morgan fingerprint density at radius 1 is 1.29 bits per heavy atom. The van der Waals surface area contributed by atoms with E-state index in [4.69, 9.17) is 15.3 Å². The first-order valence-electron chi connectivity index (χ1n) is 3.54. The van der Waals surface area contributed by atoms with E-state index in [0.717, 1.165) is 12.1 Å². The molecule has 0 spiro atoms. The third kappa shape index (κ3) is 2.19. The van der Waals surface area contributed by atoms with E-state index in [1.54, 1.807) is 0 Å². The van der Waals surface area contributed by atoms with E-state index in [1.807, 2.05) is 22.6 Å². The summed E-state index contributed by atoms with van der Waals surface area (Å²) in [5.74, 6) is -2.46. The molecule has 0 aliphatic carbocycles. The van der Waals surface area contributed by atoms with Crippen molar-refractivity contribution in [1.29, 1.82) is 0 Å². The second-order valence-electron chi connectivity index (χ2n) is 2.40.